The number of nitrogens with zero attached hydrogens (tertiary/aromatic N) is 1. The van der Waals surface area contributed by atoms with Gasteiger partial charge in [-0.2, -0.15) is 4.31 Å². The molecule has 1 saturated heterocycles. The van der Waals surface area contributed by atoms with Gasteiger partial charge in [0.25, 0.3) is 5.91 Å². The average Bonchev–Trinajstić information content (AvgIpc) is 2.62. The van der Waals surface area contributed by atoms with Crippen molar-refractivity contribution in [2.75, 3.05) is 26.2 Å². The van der Waals surface area contributed by atoms with Gasteiger partial charge in [0.05, 0.1) is 4.90 Å². The Morgan fingerprint density at radius 2 is 1.84 bits per heavy atom. The molecule has 0 saturated carbocycles. The van der Waals surface area contributed by atoms with E-state index >= 15 is 0 Å². The first-order chi connectivity index (χ1) is 12.0. The van der Waals surface area contributed by atoms with E-state index in [1.807, 2.05) is 13.8 Å². The van der Waals surface area contributed by atoms with Crippen LogP contribution in [0.1, 0.15) is 49.9 Å². The molecule has 7 heteroatoms. The monoisotopic (exact) mass is 367 g/mol. The van der Waals surface area contributed by atoms with Crippen LogP contribution in [0.4, 0.5) is 0 Å². The predicted molar refractivity (Wildman–Crippen MR) is 99.1 cm³/mol. The van der Waals surface area contributed by atoms with Crippen molar-refractivity contribution in [2.45, 2.75) is 50.5 Å². The Morgan fingerprint density at radius 1 is 1.20 bits per heavy atom. The molecule has 0 bridgehead atoms. The third-order valence-corrected chi connectivity index (χ3v) is 6.25. The highest BCUT2D eigenvalue weighted by Gasteiger charge is 2.23. The number of hydrogen-bond acceptors (Lipinski definition) is 4. The summed E-state index contributed by atoms with van der Waals surface area (Å²) in [5.41, 5.74) is 0.488. The van der Waals surface area contributed by atoms with Crippen LogP contribution < -0.4 is 10.6 Å². The Hall–Kier alpha value is -1.44. The van der Waals surface area contributed by atoms with Crippen LogP contribution in [0.2, 0.25) is 0 Å². The SMILES string of the molecule is CCCN(CCC)S(=O)(=O)c1ccc(C(=O)NC2CCCNC2)cc1. The molecular formula is C18H29N3O3S. The molecule has 1 aromatic carbocycles. The Kier molecular flexibility index (Phi) is 7.40. The van der Waals surface area contributed by atoms with E-state index < -0.39 is 10.0 Å². The van der Waals surface area contributed by atoms with Gasteiger partial charge >= 0.3 is 0 Å². The molecule has 1 atom stereocenters. The molecule has 0 aliphatic carbocycles. The van der Waals surface area contributed by atoms with Crippen molar-refractivity contribution in [1.29, 1.82) is 0 Å². The predicted octanol–water partition coefficient (Wildman–Crippen LogP) is 1.98. The van der Waals surface area contributed by atoms with Gasteiger partial charge in [-0.1, -0.05) is 13.8 Å². The van der Waals surface area contributed by atoms with E-state index in [1.54, 1.807) is 12.1 Å². The highest BCUT2D eigenvalue weighted by molar-refractivity contribution is 7.89. The van der Waals surface area contributed by atoms with Crippen molar-refractivity contribution in [1.82, 2.24) is 14.9 Å². The topological polar surface area (TPSA) is 78.5 Å². The minimum absolute atomic E-state index is 0.134. The number of amides is 1. The Morgan fingerprint density at radius 3 is 2.36 bits per heavy atom. The lowest BCUT2D eigenvalue weighted by molar-refractivity contribution is 0.0930. The summed E-state index contributed by atoms with van der Waals surface area (Å²) in [6, 6.07) is 6.38. The van der Waals surface area contributed by atoms with Gasteiger partial charge in [0.15, 0.2) is 0 Å². The summed E-state index contributed by atoms with van der Waals surface area (Å²) < 4.78 is 27.0. The van der Waals surface area contributed by atoms with Gasteiger partial charge < -0.3 is 10.6 Å². The zero-order valence-corrected chi connectivity index (χ0v) is 15.9. The summed E-state index contributed by atoms with van der Waals surface area (Å²) in [6.45, 7) is 6.71. The largest absolute Gasteiger partial charge is 0.348 e. The normalized spacial score (nSPS) is 18.3. The second-order valence-electron chi connectivity index (χ2n) is 6.45. The maximum absolute atomic E-state index is 12.7. The van der Waals surface area contributed by atoms with Gasteiger partial charge in [-0.05, 0) is 56.5 Å². The van der Waals surface area contributed by atoms with Gasteiger partial charge in [-0.3, -0.25) is 4.79 Å². The summed E-state index contributed by atoms with van der Waals surface area (Å²) in [5, 5.41) is 6.25. The first-order valence-corrected chi connectivity index (χ1v) is 10.5. The number of sulfonamides is 1. The Labute approximate surface area is 151 Å². The van der Waals surface area contributed by atoms with Crippen molar-refractivity contribution in [3.05, 3.63) is 29.8 Å². The first kappa shape index (κ1) is 19.9. The second-order valence-corrected chi connectivity index (χ2v) is 8.38. The van der Waals surface area contributed by atoms with Crippen molar-refractivity contribution in [3.63, 3.8) is 0 Å². The second kappa shape index (κ2) is 9.31. The lowest BCUT2D eigenvalue weighted by Gasteiger charge is -2.24. The zero-order chi connectivity index (χ0) is 18.3. The van der Waals surface area contributed by atoms with Gasteiger partial charge in [0, 0.05) is 31.2 Å². The molecule has 140 valence electrons. The molecule has 1 unspecified atom stereocenters. The fraction of sp³-hybridized carbons (Fsp3) is 0.611. The number of carbonyl (C=O) groups excluding carboxylic acids is 1. The van der Waals surface area contributed by atoms with Crippen molar-refractivity contribution in [2.24, 2.45) is 0 Å². The molecule has 1 aromatic rings. The zero-order valence-electron chi connectivity index (χ0n) is 15.1. The van der Waals surface area contributed by atoms with E-state index in [1.165, 1.54) is 16.4 Å². The van der Waals surface area contributed by atoms with Crippen LogP contribution in [0.15, 0.2) is 29.2 Å². The summed E-state index contributed by atoms with van der Waals surface area (Å²) in [5.74, 6) is -0.156. The van der Waals surface area contributed by atoms with Gasteiger partial charge in [-0.25, -0.2) is 8.42 Å². The molecule has 1 aliphatic heterocycles. The molecule has 0 radical (unpaired) electrons. The molecule has 0 spiro atoms. The van der Waals surface area contributed by atoms with Crippen LogP contribution in [0.25, 0.3) is 0 Å². The van der Waals surface area contributed by atoms with E-state index in [4.69, 9.17) is 0 Å². The molecule has 0 aromatic heterocycles. The molecule has 2 N–H and O–H groups in total. The number of benzene rings is 1. The van der Waals surface area contributed by atoms with Crippen LogP contribution in [-0.2, 0) is 10.0 Å². The summed E-state index contributed by atoms with van der Waals surface area (Å²) in [7, 11) is -3.50. The Balaban J connectivity index is 2.08. The third kappa shape index (κ3) is 5.26. The number of rotatable bonds is 8. The highest BCUT2D eigenvalue weighted by atomic mass is 32.2. The van der Waals surface area contributed by atoms with Crippen molar-refractivity contribution in [3.8, 4) is 0 Å². The number of piperidine rings is 1. The summed E-state index contributed by atoms with van der Waals surface area (Å²) in [4.78, 5) is 12.6. The molecular weight excluding hydrogens is 338 g/mol. The molecule has 25 heavy (non-hydrogen) atoms. The van der Waals surface area contributed by atoms with Crippen molar-refractivity contribution >= 4 is 15.9 Å². The minimum atomic E-state index is -3.50. The van der Waals surface area contributed by atoms with Gasteiger partial charge in [0.2, 0.25) is 10.0 Å². The van der Waals surface area contributed by atoms with Crippen LogP contribution in [0.5, 0.6) is 0 Å². The van der Waals surface area contributed by atoms with Crippen LogP contribution in [-0.4, -0.2) is 50.9 Å². The number of carbonyl (C=O) groups is 1. The quantitative estimate of drug-likeness (QED) is 0.736. The number of nitrogens with one attached hydrogen (secondary N) is 2. The molecule has 1 aliphatic rings. The molecule has 1 heterocycles. The lowest BCUT2D eigenvalue weighted by atomic mass is 10.1. The van der Waals surface area contributed by atoms with E-state index in [0.717, 1.165) is 38.8 Å². The third-order valence-electron chi connectivity index (χ3n) is 4.33. The smallest absolute Gasteiger partial charge is 0.251 e. The van der Waals surface area contributed by atoms with E-state index in [0.29, 0.717) is 18.7 Å². The molecule has 2 rings (SSSR count). The maximum Gasteiger partial charge on any atom is 0.251 e. The summed E-state index contributed by atoms with van der Waals surface area (Å²) >= 11 is 0. The van der Waals surface area contributed by atoms with E-state index in [9.17, 15) is 13.2 Å². The van der Waals surface area contributed by atoms with Crippen molar-refractivity contribution < 1.29 is 13.2 Å². The van der Waals surface area contributed by atoms with Gasteiger partial charge in [0.1, 0.15) is 0 Å². The molecule has 1 fully saturated rings. The average molecular weight is 368 g/mol. The van der Waals surface area contributed by atoms with Gasteiger partial charge in [-0.15, -0.1) is 0 Å². The lowest BCUT2D eigenvalue weighted by Crippen LogP contribution is -2.45. The Bertz CT molecular complexity index is 647. The highest BCUT2D eigenvalue weighted by Crippen LogP contribution is 2.17. The van der Waals surface area contributed by atoms with E-state index in [2.05, 4.69) is 10.6 Å². The van der Waals surface area contributed by atoms with Crippen LogP contribution in [0.3, 0.4) is 0 Å². The fourth-order valence-corrected chi connectivity index (χ4v) is 4.65. The number of hydrogen-bond donors (Lipinski definition) is 2. The van der Waals surface area contributed by atoms with Crippen LogP contribution in [0, 0.1) is 0 Å². The molecule has 6 nitrogen and oxygen atoms in total. The summed E-state index contributed by atoms with van der Waals surface area (Å²) in [6.07, 6.45) is 3.56. The molecule has 1 amide bonds. The maximum atomic E-state index is 12.7. The fourth-order valence-electron chi connectivity index (χ4n) is 3.02. The van der Waals surface area contributed by atoms with E-state index in [-0.39, 0.29) is 16.8 Å². The standard InChI is InChI=1S/C18H29N3O3S/c1-3-12-21(13-4-2)25(23,24)17-9-7-15(8-10-17)18(22)20-16-6-5-11-19-14-16/h7-10,16,19H,3-6,11-14H2,1-2H3,(H,20,22). The minimum Gasteiger partial charge on any atom is -0.348 e. The van der Waals surface area contributed by atoms with Crippen LogP contribution >= 0.6 is 0 Å². The first-order valence-electron chi connectivity index (χ1n) is 9.10.